The minimum atomic E-state index is -0.714. The number of benzene rings is 4. The lowest BCUT2D eigenvalue weighted by atomic mass is 9.73. The summed E-state index contributed by atoms with van der Waals surface area (Å²) in [5.74, 6) is -1.31. The Morgan fingerprint density at radius 1 is 0.702 bits per heavy atom. The molecule has 236 valence electrons. The van der Waals surface area contributed by atoms with Gasteiger partial charge in [0.25, 0.3) is 0 Å². The number of hydrogen-bond acceptors (Lipinski definition) is 8. The first-order valence-electron chi connectivity index (χ1n) is 15.5. The van der Waals surface area contributed by atoms with E-state index in [1.165, 1.54) is 54.0 Å². The average molecular weight is 630 g/mol. The Balaban J connectivity index is 0.943. The van der Waals surface area contributed by atoms with E-state index in [2.05, 4.69) is 12.1 Å². The highest BCUT2D eigenvalue weighted by molar-refractivity contribution is 6.22. The van der Waals surface area contributed by atoms with E-state index in [0.29, 0.717) is 17.0 Å². The van der Waals surface area contributed by atoms with Crippen LogP contribution in [-0.4, -0.2) is 43.3 Å². The summed E-state index contributed by atoms with van der Waals surface area (Å²) in [6.45, 7) is -0.499. The average Bonchev–Trinajstić information content (AvgIpc) is 3.78. The normalized spacial score (nSPS) is 22.6. The predicted molar refractivity (Wildman–Crippen MR) is 170 cm³/mol. The molecule has 1 heterocycles. The second-order valence-electron chi connectivity index (χ2n) is 12.2. The zero-order valence-electron chi connectivity index (χ0n) is 25.5. The zero-order chi connectivity index (χ0) is 32.7. The number of hydrogen-bond donors (Lipinski definition) is 0. The molecule has 3 fully saturated rings. The topological polar surface area (TPSA) is 116 Å². The Morgan fingerprint density at radius 2 is 1.40 bits per heavy atom. The first kappa shape index (κ1) is 30.1. The van der Waals surface area contributed by atoms with Gasteiger partial charge in [0.15, 0.2) is 12.4 Å². The van der Waals surface area contributed by atoms with Gasteiger partial charge in [-0.1, -0.05) is 36.4 Å². The number of anilines is 1. The summed E-state index contributed by atoms with van der Waals surface area (Å²) in [7, 11) is 1.50. The van der Waals surface area contributed by atoms with Gasteiger partial charge in [0.05, 0.1) is 35.8 Å². The summed E-state index contributed by atoms with van der Waals surface area (Å²) in [5, 5.41) is 0. The molecule has 4 aromatic carbocycles. The molecule has 0 N–H and O–H groups in total. The van der Waals surface area contributed by atoms with Crippen LogP contribution in [0.15, 0.2) is 103 Å². The number of imide groups is 1. The molecule has 2 saturated carbocycles. The van der Waals surface area contributed by atoms with Crippen LogP contribution in [0.1, 0.15) is 55.4 Å². The highest BCUT2D eigenvalue weighted by Crippen LogP contribution is 2.61. The van der Waals surface area contributed by atoms with E-state index >= 15 is 0 Å². The SMILES string of the molecule is COc1cccc(C(=O)Oc2ccc(C(=O)COC(=O)c3ccc(N4C(=O)[C@H]5[C@H]6C[C@@H]([C@@H]5C4=O)[C@@H](c4ccccc4)C6)cc3)cc2)c1. The highest BCUT2D eigenvalue weighted by Gasteiger charge is 2.64. The lowest BCUT2D eigenvalue weighted by molar-refractivity contribution is -0.123. The first-order chi connectivity index (χ1) is 22.8. The number of amides is 2. The Kier molecular flexibility index (Phi) is 7.89. The van der Waals surface area contributed by atoms with E-state index in [1.54, 1.807) is 36.4 Å². The van der Waals surface area contributed by atoms with Crippen molar-refractivity contribution in [1.29, 1.82) is 0 Å². The van der Waals surface area contributed by atoms with Crippen LogP contribution in [0.5, 0.6) is 11.5 Å². The number of ketones is 1. The molecule has 4 aromatic rings. The molecular weight excluding hydrogens is 598 g/mol. The molecule has 0 aromatic heterocycles. The fourth-order valence-corrected chi connectivity index (χ4v) is 7.47. The van der Waals surface area contributed by atoms with Crippen LogP contribution < -0.4 is 14.4 Å². The molecule has 47 heavy (non-hydrogen) atoms. The van der Waals surface area contributed by atoms with Gasteiger partial charge in [0.2, 0.25) is 11.8 Å². The van der Waals surface area contributed by atoms with E-state index in [-0.39, 0.29) is 58.3 Å². The Labute approximate surface area is 271 Å². The zero-order valence-corrected chi connectivity index (χ0v) is 25.5. The minimum Gasteiger partial charge on any atom is -0.497 e. The smallest absolute Gasteiger partial charge is 0.343 e. The molecule has 0 spiro atoms. The van der Waals surface area contributed by atoms with Crippen molar-refractivity contribution in [2.24, 2.45) is 23.7 Å². The molecule has 9 nitrogen and oxygen atoms in total. The van der Waals surface area contributed by atoms with Crippen LogP contribution in [0, 0.1) is 23.7 Å². The second kappa shape index (κ2) is 12.3. The fraction of sp³-hybridized carbons (Fsp3) is 0.237. The van der Waals surface area contributed by atoms with Crippen molar-refractivity contribution < 1.29 is 38.2 Å². The van der Waals surface area contributed by atoms with Gasteiger partial charge in [0.1, 0.15) is 11.5 Å². The van der Waals surface area contributed by atoms with Crippen molar-refractivity contribution in [3.8, 4) is 11.5 Å². The van der Waals surface area contributed by atoms with Gasteiger partial charge in [0, 0.05) is 5.56 Å². The second-order valence-corrected chi connectivity index (χ2v) is 12.2. The maximum absolute atomic E-state index is 13.6. The lowest BCUT2D eigenvalue weighted by Gasteiger charge is -2.28. The summed E-state index contributed by atoms with van der Waals surface area (Å²) in [5.41, 5.74) is 2.42. The van der Waals surface area contributed by atoms with Gasteiger partial charge < -0.3 is 14.2 Å². The van der Waals surface area contributed by atoms with Crippen molar-refractivity contribution in [2.45, 2.75) is 18.8 Å². The number of methoxy groups -OCH3 is 1. The number of carbonyl (C=O) groups is 5. The number of nitrogens with zero attached hydrogens (tertiary/aromatic N) is 1. The number of Topliss-reactive ketones (excluding diaryl/α,β-unsaturated/α-hetero) is 1. The number of ether oxygens (including phenoxy) is 3. The molecule has 3 aliphatic rings. The van der Waals surface area contributed by atoms with Crippen molar-refractivity contribution in [2.75, 3.05) is 18.6 Å². The lowest BCUT2D eigenvalue weighted by Crippen LogP contribution is -2.33. The molecule has 5 atom stereocenters. The third-order valence-electron chi connectivity index (χ3n) is 9.63. The van der Waals surface area contributed by atoms with E-state index < -0.39 is 24.3 Å². The van der Waals surface area contributed by atoms with Gasteiger partial charge >= 0.3 is 11.9 Å². The van der Waals surface area contributed by atoms with E-state index in [4.69, 9.17) is 14.2 Å². The first-order valence-corrected chi connectivity index (χ1v) is 15.5. The Morgan fingerprint density at radius 3 is 2.13 bits per heavy atom. The van der Waals surface area contributed by atoms with Gasteiger partial charge in [-0.3, -0.25) is 19.3 Å². The molecule has 0 unspecified atom stereocenters. The van der Waals surface area contributed by atoms with Crippen LogP contribution in [0.4, 0.5) is 5.69 Å². The summed E-state index contributed by atoms with van der Waals surface area (Å²) in [6, 6.07) is 28.8. The fourth-order valence-electron chi connectivity index (χ4n) is 7.47. The minimum absolute atomic E-state index is 0.144. The van der Waals surface area contributed by atoms with Crippen LogP contribution in [0.25, 0.3) is 0 Å². The number of fused-ring (bicyclic) bond motifs is 5. The van der Waals surface area contributed by atoms with Crippen molar-refractivity contribution in [3.63, 3.8) is 0 Å². The van der Waals surface area contributed by atoms with Crippen LogP contribution in [-0.2, 0) is 14.3 Å². The van der Waals surface area contributed by atoms with Gasteiger partial charge in [-0.2, -0.15) is 0 Å². The van der Waals surface area contributed by atoms with Gasteiger partial charge in [-0.25, -0.2) is 9.59 Å². The number of rotatable bonds is 9. The molecule has 0 radical (unpaired) electrons. The van der Waals surface area contributed by atoms with Gasteiger partial charge in [-0.05, 0) is 103 Å². The molecule has 7 rings (SSSR count). The monoisotopic (exact) mass is 629 g/mol. The van der Waals surface area contributed by atoms with Crippen LogP contribution in [0.3, 0.4) is 0 Å². The Hall–Kier alpha value is -5.57. The molecular formula is C38H31NO8. The summed E-state index contributed by atoms with van der Waals surface area (Å²) < 4.78 is 15.7. The third kappa shape index (κ3) is 5.58. The maximum atomic E-state index is 13.6. The predicted octanol–water partition coefficient (Wildman–Crippen LogP) is 5.88. The molecule has 9 heteroatoms. The van der Waals surface area contributed by atoms with E-state index in [9.17, 15) is 24.0 Å². The summed E-state index contributed by atoms with van der Waals surface area (Å²) in [6.07, 6.45) is 1.81. The van der Waals surface area contributed by atoms with Crippen LogP contribution in [0.2, 0.25) is 0 Å². The third-order valence-corrected chi connectivity index (χ3v) is 9.63. The van der Waals surface area contributed by atoms with Crippen molar-refractivity contribution in [3.05, 3.63) is 125 Å². The molecule has 1 aliphatic heterocycles. The molecule has 2 bridgehead atoms. The number of esters is 2. The standard InChI is InChI=1S/C38H31NO8/c1-45-29-9-5-8-25(18-29)38(44)47-28-16-12-23(13-17-28)32(40)21-46-37(43)24-10-14-27(15-11-24)39-35(41)33-26-19-30(22-6-3-2-4-7-22)31(20-26)34(33)36(39)42/h2-18,26,30-31,33-34H,19-21H2,1H3/t26-,30-,31-,33+,34+/m1/s1. The van der Waals surface area contributed by atoms with Crippen LogP contribution >= 0.6 is 0 Å². The maximum Gasteiger partial charge on any atom is 0.343 e. The number of carbonyl (C=O) groups excluding carboxylic acids is 5. The largest absolute Gasteiger partial charge is 0.497 e. The van der Waals surface area contributed by atoms with Crippen molar-refractivity contribution >= 4 is 35.2 Å². The quantitative estimate of drug-likeness (QED) is 0.0975. The molecule has 1 saturated heterocycles. The molecule has 2 amide bonds. The van der Waals surface area contributed by atoms with E-state index in [0.717, 1.165) is 12.8 Å². The van der Waals surface area contributed by atoms with Gasteiger partial charge in [-0.15, -0.1) is 0 Å². The highest BCUT2D eigenvalue weighted by atomic mass is 16.5. The van der Waals surface area contributed by atoms with Crippen molar-refractivity contribution in [1.82, 2.24) is 0 Å². The summed E-state index contributed by atoms with van der Waals surface area (Å²) in [4.78, 5) is 66.2. The Bertz CT molecular complexity index is 1870. The molecule has 2 aliphatic carbocycles. The summed E-state index contributed by atoms with van der Waals surface area (Å²) >= 11 is 0. The van der Waals surface area contributed by atoms with E-state index in [1.807, 2.05) is 18.2 Å².